The van der Waals surface area contributed by atoms with E-state index in [9.17, 15) is 8.42 Å². The second-order valence-corrected chi connectivity index (χ2v) is 6.85. The van der Waals surface area contributed by atoms with Crippen molar-refractivity contribution in [2.45, 2.75) is 24.7 Å². The predicted octanol–water partition coefficient (Wildman–Crippen LogP) is 1.61. The average molecular weight is 254 g/mol. The quantitative estimate of drug-likeness (QED) is 0.830. The largest absolute Gasteiger partial charge is 0.399 e. The van der Waals surface area contributed by atoms with E-state index >= 15 is 0 Å². The molecule has 5 heteroatoms. The summed E-state index contributed by atoms with van der Waals surface area (Å²) in [5, 5.41) is 0. The Morgan fingerprint density at radius 3 is 2.53 bits per heavy atom. The molecule has 0 radical (unpaired) electrons. The monoisotopic (exact) mass is 254 g/mol. The molecule has 1 aromatic rings. The summed E-state index contributed by atoms with van der Waals surface area (Å²) in [6.45, 7) is 2.45. The summed E-state index contributed by atoms with van der Waals surface area (Å²) in [6.07, 6.45) is 2.27. The first-order valence-corrected chi connectivity index (χ1v) is 7.17. The molecule has 0 aromatic heterocycles. The van der Waals surface area contributed by atoms with Gasteiger partial charge in [0.1, 0.15) is 0 Å². The van der Waals surface area contributed by atoms with Gasteiger partial charge in [-0.15, -0.1) is 0 Å². The molecule has 0 heterocycles. The summed E-state index contributed by atoms with van der Waals surface area (Å²) in [5.74, 6) is 0.539. The van der Waals surface area contributed by atoms with E-state index in [1.807, 2.05) is 6.92 Å². The van der Waals surface area contributed by atoms with E-state index < -0.39 is 10.0 Å². The van der Waals surface area contributed by atoms with Crippen LogP contribution < -0.4 is 5.73 Å². The predicted molar refractivity (Wildman–Crippen MR) is 68.1 cm³/mol. The van der Waals surface area contributed by atoms with Gasteiger partial charge in [-0.25, -0.2) is 12.7 Å². The highest BCUT2D eigenvalue weighted by atomic mass is 32.2. The molecule has 0 unspecified atom stereocenters. The third-order valence-corrected chi connectivity index (χ3v) is 4.79. The van der Waals surface area contributed by atoms with Gasteiger partial charge in [0.05, 0.1) is 4.90 Å². The Morgan fingerprint density at radius 2 is 2.00 bits per heavy atom. The molecule has 1 aromatic carbocycles. The zero-order valence-corrected chi connectivity index (χ0v) is 11.0. The Balaban J connectivity index is 2.29. The Hall–Kier alpha value is -1.07. The highest BCUT2D eigenvalue weighted by Gasteiger charge is 2.29. The van der Waals surface area contributed by atoms with Gasteiger partial charge in [0.2, 0.25) is 10.0 Å². The van der Waals surface area contributed by atoms with Crippen molar-refractivity contribution >= 4 is 15.7 Å². The molecular weight excluding hydrogens is 236 g/mol. The fourth-order valence-corrected chi connectivity index (χ4v) is 3.25. The molecule has 1 aliphatic carbocycles. The SMILES string of the molecule is Cc1cc(N)cc(S(=O)(=O)N(C)CC2CC2)c1. The molecule has 1 aliphatic rings. The third kappa shape index (κ3) is 2.79. The normalized spacial score (nSPS) is 16.4. The van der Waals surface area contributed by atoms with Crippen LogP contribution in [0.4, 0.5) is 5.69 Å². The highest BCUT2D eigenvalue weighted by Crippen LogP contribution is 2.31. The van der Waals surface area contributed by atoms with E-state index in [4.69, 9.17) is 5.73 Å². The smallest absolute Gasteiger partial charge is 0.242 e. The van der Waals surface area contributed by atoms with E-state index in [1.165, 1.54) is 10.4 Å². The van der Waals surface area contributed by atoms with Gasteiger partial charge in [-0.05, 0) is 49.4 Å². The molecule has 0 atom stereocenters. The van der Waals surface area contributed by atoms with Crippen molar-refractivity contribution in [1.29, 1.82) is 0 Å². The fourth-order valence-electron chi connectivity index (χ4n) is 1.87. The first-order valence-electron chi connectivity index (χ1n) is 5.73. The number of benzene rings is 1. The maximum absolute atomic E-state index is 12.3. The lowest BCUT2D eigenvalue weighted by Gasteiger charge is -2.17. The lowest BCUT2D eigenvalue weighted by Crippen LogP contribution is -2.29. The van der Waals surface area contributed by atoms with Crippen LogP contribution in [0.5, 0.6) is 0 Å². The van der Waals surface area contributed by atoms with Gasteiger partial charge in [0.25, 0.3) is 0 Å². The number of rotatable bonds is 4. The maximum Gasteiger partial charge on any atom is 0.242 e. The van der Waals surface area contributed by atoms with Crippen molar-refractivity contribution in [2.75, 3.05) is 19.3 Å². The number of nitrogen functional groups attached to an aromatic ring is 1. The lowest BCUT2D eigenvalue weighted by atomic mass is 10.2. The van der Waals surface area contributed by atoms with E-state index in [-0.39, 0.29) is 4.90 Å². The van der Waals surface area contributed by atoms with Crippen molar-refractivity contribution in [2.24, 2.45) is 5.92 Å². The van der Waals surface area contributed by atoms with Crippen molar-refractivity contribution in [1.82, 2.24) is 4.31 Å². The third-order valence-electron chi connectivity index (χ3n) is 2.99. The summed E-state index contributed by atoms with van der Waals surface area (Å²) >= 11 is 0. The van der Waals surface area contributed by atoms with Gasteiger partial charge in [-0.1, -0.05) is 0 Å². The topological polar surface area (TPSA) is 63.4 Å². The molecule has 2 rings (SSSR count). The zero-order valence-electron chi connectivity index (χ0n) is 10.2. The highest BCUT2D eigenvalue weighted by molar-refractivity contribution is 7.89. The molecule has 2 N–H and O–H groups in total. The molecular formula is C12H18N2O2S. The molecule has 0 bridgehead atoms. The maximum atomic E-state index is 12.3. The van der Waals surface area contributed by atoms with Crippen LogP contribution in [0.3, 0.4) is 0 Å². The second kappa shape index (κ2) is 4.31. The Bertz CT molecular complexity index is 501. The van der Waals surface area contributed by atoms with Crippen molar-refractivity contribution in [3.05, 3.63) is 23.8 Å². The van der Waals surface area contributed by atoms with Crippen LogP contribution in [0.1, 0.15) is 18.4 Å². The molecule has 0 amide bonds. The van der Waals surface area contributed by atoms with Crippen LogP contribution in [0.25, 0.3) is 0 Å². The van der Waals surface area contributed by atoms with E-state index in [2.05, 4.69) is 0 Å². The fraction of sp³-hybridized carbons (Fsp3) is 0.500. The Kier molecular flexibility index (Phi) is 3.14. The van der Waals surface area contributed by atoms with Gasteiger partial charge < -0.3 is 5.73 Å². The number of anilines is 1. The second-order valence-electron chi connectivity index (χ2n) is 4.81. The number of hydrogen-bond donors (Lipinski definition) is 1. The van der Waals surface area contributed by atoms with E-state index in [0.717, 1.165) is 18.4 Å². The summed E-state index contributed by atoms with van der Waals surface area (Å²) in [4.78, 5) is 0.290. The first kappa shape index (κ1) is 12.4. The van der Waals surface area contributed by atoms with Crippen molar-refractivity contribution in [3.8, 4) is 0 Å². The molecule has 0 spiro atoms. The average Bonchev–Trinajstić information content (AvgIpc) is 3.00. The molecule has 1 fully saturated rings. The van der Waals surface area contributed by atoms with Crippen molar-refractivity contribution in [3.63, 3.8) is 0 Å². The number of hydrogen-bond acceptors (Lipinski definition) is 3. The summed E-state index contributed by atoms with van der Waals surface area (Å²) in [6, 6.07) is 4.95. The minimum absolute atomic E-state index is 0.290. The van der Waals surface area contributed by atoms with Crippen LogP contribution in [-0.2, 0) is 10.0 Å². The summed E-state index contributed by atoms with van der Waals surface area (Å²) in [5.41, 5.74) is 7.04. The molecule has 0 saturated heterocycles. The summed E-state index contributed by atoms with van der Waals surface area (Å²) in [7, 11) is -1.75. The van der Waals surface area contributed by atoms with Gasteiger partial charge in [-0.2, -0.15) is 0 Å². The van der Waals surface area contributed by atoms with Crippen LogP contribution in [0.15, 0.2) is 23.1 Å². The van der Waals surface area contributed by atoms with Gasteiger partial charge in [0, 0.05) is 19.3 Å². The van der Waals surface area contributed by atoms with E-state index in [0.29, 0.717) is 18.2 Å². The summed E-state index contributed by atoms with van der Waals surface area (Å²) < 4.78 is 26.0. The minimum Gasteiger partial charge on any atom is -0.399 e. The van der Waals surface area contributed by atoms with Crippen LogP contribution >= 0.6 is 0 Å². The van der Waals surface area contributed by atoms with Gasteiger partial charge in [0.15, 0.2) is 0 Å². The van der Waals surface area contributed by atoms with Crippen LogP contribution in [0.2, 0.25) is 0 Å². The molecule has 4 nitrogen and oxygen atoms in total. The van der Waals surface area contributed by atoms with Gasteiger partial charge in [-0.3, -0.25) is 0 Å². The Morgan fingerprint density at radius 1 is 1.35 bits per heavy atom. The number of sulfonamides is 1. The number of nitrogens with two attached hydrogens (primary N) is 1. The molecule has 17 heavy (non-hydrogen) atoms. The minimum atomic E-state index is -3.39. The lowest BCUT2D eigenvalue weighted by molar-refractivity contribution is 0.453. The van der Waals surface area contributed by atoms with Crippen LogP contribution in [-0.4, -0.2) is 26.3 Å². The zero-order chi connectivity index (χ0) is 12.6. The van der Waals surface area contributed by atoms with Crippen LogP contribution in [0, 0.1) is 12.8 Å². The first-order chi connectivity index (χ1) is 7.89. The Labute approximate surface area is 102 Å². The van der Waals surface area contributed by atoms with Gasteiger partial charge >= 0.3 is 0 Å². The van der Waals surface area contributed by atoms with Crippen molar-refractivity contribution < 1.29 is 8.42 Å². The molecule has 94 valence electrons. The van der Waals surface area contributed by atoms with E-state index in [1.54, 1.807) is 19.2 Å². The standard InChI is InChI=1S/C12H18N2O2S/c1-9-5-11(13)7-12(6-9)17(15,16)14(2)8-10-3-4-10/h5-7,10H,3-4,8,13H2,1-2H3. The molecule has 0 aliphatic heterocycles. The molecule has 1 saturated carbocycles. The number of aryl methyl sites for hydroxylation is 1. The number of nitrogens with zero attached hydrogens (tertiary/aromatic N) is 1.